The number of likely N-dealkylation sites (N-methyl/N-ethyl adjacent to an activating group) is 1. The van der Waals surface area contributed by atoms with Crippen molar-refractivity contribution >= 4 is 17.7 Å². The van der Waals surface area contributed by atoms with Gasteiger partial charge in [0.15, 0.2) is 0 Å². The summed E-state index contributed by atoms with van der Waals surface area (Å²) in [5, 5.41) is 8.59. The first-order chi connectivity index (χ1) is 8.92. The van der Waals surface area contributed by atoms with E-state index in [9.17, 15) is 9.18 Å². The molecule has 3 nitrogen and oxygen atoms in total. The molecular weight excluding hydrogens is 245 g/mol. The number of aliphatic carboxylic acids is 1. The van der Waals surface area contributed by atoms with E-state index in [1.54, 1.807) is 6.07 Å². The Kier molecular flexibility index (Phi) is 5.30. The lowest BCUT2D eigenvalue weighted by Gasteiger charge is -2.23. The van der Waals surface area contributed by atoms with Crippen LogP contribution in [0, 0.1) is 5.82 Å². The average Bonchev–Trinajstić information content (AvgIpc) is 2.32. The zero-order valence-electron chi connectivity index (χ0n) is 11.2. The molecule has 0 spiro atoms. The van der Waals surface area contributed by atoms with Gasteiger partial charge in [0.1, 0.15) is 5.82 Å². The van der Waals surface area contributed by atoms with Gasteiger partial charge in [-0.1, -0.05) is 12.2 Å². The molecule has 0 aliphatic rings. The van der Waals surface area contributed by atoms with Crippen molar-refractivity contribution in [2.24, 2.45) is 0 Å². The van der Waals surface area contributed by atoms with Gasteiger partial charge in [-0.15, -0.1) is 0 Å². The van der Waals surface area contributed by atoms with Gasteiger partial charge >= 0.3 is 5.97 Å². The summed E-state index contributed by atoms with van der Waals surface area (Å²) in [7, 11) is 0. The molecule has 102 valence electrons. The molecule has 0 unspecified atom stereocenters. The van der Waals surface area contributed by atoms with E-state index in [1.165, 1.54) is 18.2 Å². The maximum Gasteiger partial charge on any atom is 0.328 e. The number of carboxylic acid groups (broad SMARTS) is 1. The monoisotopic (exact) mass is 263 g/mol. The number of carboxylic acids is 1. The molecule has 1 aromatic rings. The molecule has 1 aromatic carbocycles. The van der Waals surface area contributed by atoms with Crippen LogP contribution in [0.3, 0.4) is 0 Å². The van der Waals surface area contributed by atoms with Crippen molar-refractivity contribution in [3.8, 4) is 0 Å². The van der Waals surface area contributed by atoms with Gasteiger partial charge < -0.3 is 10.0 Å². The number of hydrogen-bond acceptors (Lipinski definition) is 2. The summed E-state index contributed by atoms with van der Waals surface area (Å²) in [4.78, 5) is 12.5. The van der Waals surface area contributed by atoms with Gasteiger partial charge in [0, 0.05) is 24.9 Å². The summed E-state index contributed by atoms with van der Waals surface area (Å²) in [6.07, 6.45) is 2.37. The Morgan fingerprint density at radius 3 is 2.68 bits per heavy atom. The van der Waals surface area contributed by atoms with Crippen LogP contribution in [0.4, 0.5) is 10.1 Å². The zero-order chi connectivity index (χ0) is 14.4. The molecule has 19 heavy (non-hydrogen) atoms. The zero-order valence-corrected chi connectivity index (χ0v) is 11.2. The van der Waals surface area contributed by atoms with Crippen LogP contribution in [-0.4, -0.2) is 24.2 Å². The number of carbonyl (C=O) groups is 1. The minimum absolute atomic E-state index is 0.386. The summed E-state index contributed by atoms with van der Waals surface area (Å²) >= 11 is 0. The summed E-state index contributed by atoms with van der Waals surface area (Å²) in [5.74, 6) is -1.44. The molecular formula is C15H18FNO2. The van der Waals surface area contributed by atoms with Crippen LogP contribution in [0.1, 0.15) is 19.4 Å². The molecule has 1 N–H and O–H groups in total. The molecule has 0 bridgehead atoms. The van der Waals surface area contributed by atoms with Crippen molar-refractivity contribution in [2.45, 2.75) is 13.8 Å². The second kappa shape index (κ2) is 6.73. The molecule has 0 atom stereocenters. The summed E-state index contributed by atoms with van der Waals surface area (Å²) < 4.78 is 13.6. The molecule has 4 heteroatoms. The minimum atomic E-state index is -1.06. The SMILES string of the molecule is C=C(C)CN(CC)c1cc(F)cc(/C=C/C(=O)O)c1. The topological polar surface area (TPSA) is 40.5 Å². The Balaban J connectivity index is 3.06. The lowest BCUT2D eigenvalue weighted by molar-refractivity contribution is -0.131. The highest BCUT2D eigenvalue weighted by Crippen LogP contribution is 2.20. The van der Waals surface area contributed by atoms with Gasteiger partial charge in [0.05, 0.1) is 0 Å². The summed E-state index contributed by atoms with van der Waals surface area (Å²) in [5.41, 5.74) is 2.22. The molecule has 0 aliphatic carbocycles. The fraction of sp³-hybridized carbons (Fsp3) is 0.267. The molecule has 0 saturated heterocycles. The van der Waals surface area contributed by atoms with Crippen LogP contribution in [0.15, 0.2) is 36.4 Å². The van der Waals surface area contributed by atoms with Gasteiger partial charge in [0.25, 0.3) is 0 Å². The minimum Gasteiger partial charge on any atom is -0.478 e. The Morgan fingerprint density at radius 1 is 1.47 bits per heavy atom. The predicted molar refractivity (Wildman–Crippen MR) is 75.8 cm³/mol. The maximum absolute atomic E-state index is 13.6. The third-order valence-corrected chi connectivity index (χ3v) is 2.53. The number of benzene rings is 1. The van der Waals surface area contributed by atoms with Crippen LogP contribution in [0.2, 0.25) is 0 Å². The van der Waals surface area contributed by atoms with Crippen molar-refractivity contribution in [3.63, 3.8) is 0 Å². The van der Waals surface area contributed by atoms with E-state index in [0.717, 1.165) is 23.9 Å². The fourth-order valence-electron chi connectivity index (χ4n) is 1.75. The highest BCUT2D eigenvalue weighted by atomic mass is 19.1. The third kappa shape index (κ3) is 4.95. The van der Waals surface area contributed by atoms with Crippen LogP contribution in [0.25, 0.3) is 6.08 Å². The van der Waals surface area contributed by atoms with E-state index in [4.69, 9.17) is 5.11 Å². The van der Waals surface area contributed by atoms with Gasteiger partial charge in [-0.25, -0.2) is 9.18 Å². The lowest BCUT2D eigenvalue weighted by Crippen LogP contribution is -2.24. The molecule has 0 radical (unpaired) electrons. The Bertz CT molecular complexity index is 509. The molecule has 0 aliphatic heterocycles. The van der Waals surface area contributed by atoms with E-state index < -0.39 is 5.97 Å². The largest absolute Gasteiger partial charge is 0.478 e. The summed E-state index contributed by atoms with van der Waals surface area (Å²) in [6, 6.07) is 4.50. The summed E-state index contributed by atoms with van der Waals surface area (Å²) in [6.45, 7) is 9.09. The Hall–Kier alpha value is -2.10. The van der Waals surface area contributed by atoms with E-state index >= 15 is 0 Å². The fourth-order valence-corrected chi connectivity index (χ4v) is 1.75. The first-order valence-electron chi connectivity index (χ1n) is 6.03. The van der Waals surface area contributed by atoms with Gasteiger partial charge in [0.2, 0.25) is 0 Å². The van der Waals surface area contributed by atoms with Crippen molar-refractivity contribution in [3.05, 3.63) is 47.8 Å². The number of halogens is 1. The lowest BCUT2D eigenvalue weighted by atomic mass is 10.1. The van der Waals surface area contributed by atoms with E-state index in [0.29, 0.717) is 12.1 Å². The average molecular weight is 263 g/mol. The molecule has 0 amide bonds. The second-order valence-electron chi connectivity index (χ2n) is 4.39. The Labute approximate surface area is 112 Å². The number of anilines is 1. The van der Waals surface area contributed by atoms with Crippen molar-refractivity contribution in [1.29, 1.82) is 0 Å². The molecule has 0 heterocycles. The highest BCUT2D eigenvalue weighted by molar-refractivity contribution is 5.85. The quantitative estimate of drug-likeness (QED) is 0.632. The standard InChI is InChI=1S/C15H18FNO2/c1-4-17(10-11(2)3)14-8-12(5-6-15(18)19)7-13(16)9-14/h5-9H,2,4,10H2,1,3H3,(H,18,19)/b6-5+. The normalized spacial score (nSPS) is 10.7. The number of rotatable bonds is 6. The van der Waals surface area contributed by atoms with E-state index in [2.05, 4.69) is 6.58 Å². The van der Waals surface area contributed by atoms with E-state index in [1.807, 2.05) is 18.7 Å². The van der Waals surface area contributed by atoms with Crippen LogP contribution in [0.5, 0.6) is 0 Å². The second-order valence-corrected chi connectivity index (χ2v) is 4.39. The number of hydrogen-bond donors (Lipinski definition) is 1. The first kappa shape index (κ1) is 15.0. The van der Waals surface area contributed by atoms with Gasteiger partial charge in [-0.05, 0) is 43.7 Å². The first-order valence-corrected chi connectivity index (χ1v) is 6.03. The predicted octanol–water partition coefficient (Wildman–Crippen LogP) is 3.33. The van der Waals surface area contributed by atoms with E-state index in [-0.39, 0.29) is 5.82 Å². The maximum atomic E-state index is 13.6. The van der Waals surface area contributed by atoms with Crippen molar-refractivity contribution in [2.75, 3.05) is 18.0 Å². The van der Waals surface area contributed by atoms with Crippen LogP contribution >= 0.6 is 0 Å². The number of nitrogens with zero attached hydrogens (tertiary/aromatic N) is 1. The van der Waals surface area contributed by atoms with Crippen molar-refractivity contribution < 1.29 is 14.3 Å². The Morgan fingerprint density at radius 2 is 2.16 bits per heavy atom. The van der Waals surface area contributed by atoms with Crippen LogP contribution in [-0.2, 0) is 4.79 Å². The molecule has 0 aromatic heterocycles. The third-order valence-electron chi connectivity index (χ3n) is 2.53. The molecule has 0 saturated carbocycles. The van der Waals surface area contributed by atoms with Crippen LogP contribution < -0.4 is 4.90 Å². The smallest absolute Gasteiger partial charge is 0.328 e. The highest BCUT2D eigenvalue weighted by Gasteiger charge is 2.07. The van der Waals surface area contributed by atoms with Gasteiger partial charge in [-0.3, -0.25) is 0 Å². The van der Waals surface area contributed by atoms with Crippen molar-refractivity contribution in [1.82, 2.24) is 0 Å². The molecule has 1 rings (SSSR count). The van der Waals surface area contributed by atoms with Gasteiger partial charge in [-0.2, -0.15) is 0 Å². The molecule has 0 fully saturated rings.